The van der Waals surface area contributed by atoms with E-state index in [1.807, 2.05) is 0 Å². The van der Waals surface area contributed by atoms with Crippen LogP contribution >= 0.6 is 11.3 Å². The molecule has 17 heavy (non-hydrogen) atoms. The van der Waals surface area contributed by atoms with E-state index in [1.165, 1.54) is 11.8 Å². The van der Waals surface area contributed by atoms with Crippen LogP contribution in [0.3, 0.4) is 0 Å². The maximum absolute atomic E-state index is 4.49. The lowest BCUT2D eigenvalue weighted by Gasteiger charge is -2.36. The number of nitrogens with zero attached hydrogens (tertiary/aromatic N) is 3. The van der Waals surface area contributed by atoms with Crippen LogP contribution in [0.15, 0.2) is 17.8 Å². The monoisotopic (exact) mass is 247 g/mol. The first-order chi connectivity index (χ1) is 8.24. The van der Waals surface area contributed by atoms with Crippen LogP contribution in [-0.2, 0) is 0 Å². The second-order valence-electron chi connectivity index (χ2n) is 5.19. The molecule has 0 amide bonds. The fraction of sp³-hybridized carbons (Fsp3) is 0.538. The first-order valence-electron chi connectivity index (χ1n) is 6.17. The number of thiophene rings is 1. The summed E-state index contributed by atoms with van der Waals surface area (Å²) in [6.45, 7) is 6.89. The number of rotatable bonds is 1. The van der Waals surface area contributed by atoms with Gasteiger partial charge in [-0.1, -0.05) is 13.8 Å². The van der Waals surface area contributed by atoms with Gasteiger partial charge in [0, 0.05) is 13.1 Å². The van der Waals surface area contributed by atoms with Gasteiger partial charge < -0.3 is 4.90 Å². The molecule has 2 aromatic rings. The first kappa shape index (κ1) is 11.0. The van der Waals surface area contributed by atoms with Crippen LogP contribution < -0.4 is 4.90 Å². The van der Waals surface area contributed by atoms with Crippen LogP contribution in [0.1, 0.15) is 20.3 Å². The van der Waals surface area contributed by atoms with Crippen LogP contribution in [0, 0.1) is 11.8 Å². The molecule has 3 nitrogen and oxygen atoms in total. The number of hydrogen-bond acceptors (Lipinski definition) is 4. The quantitative estimate of drug-likeness (QED) is 0.775. The summed E-state index contributed by atoms with van der Waals surface area (Å²) in [5.41, 5.74) is 0. The van der Waals surface area contributed by atoms with E-state index in [9.17, 15) is 0 Å². The van der Waals surface area contributed by atoms with Gasteiger partial charge in [0.25, 0.3) is 0 Å². The summed E-state index contributed by atoms with van der Waals surface area (Å²) in [6.07, 6.45) is 3.02. The number of fused-ring (bicyclic) bond motifs is 1. The topological polar surface area (TPSA) is 29.0 Å². The number of anilines is 1. The third kappa shape index (κ3) is 2.02. The van der Waals surface area contributed by atoms with E-state index in [-0.39, 0.29) is 0 Å². The predicted molar refractivity (Wildman–Crippen MR) is 72.6 cm³/mol. The Morgan fingerprint density at radius 3 is 2.76 bits per heavy atom. The maximum Gasteiger partial charge on any atom is 0.140 e. The van der Waals surface area contributed by atoms with E-state index in [2.05, 4.69) is 40.2 Å². The Balaban J connectivity index is 2.00. The Kier molecular flexibility index (Phi) is 2.74. The molecule has 0 bridgehead atoms. The van der Waals surface area contributed by atoms with Gasteiger partial charge in [-0.15, -0.1) is 11.3 Å². The predicted octanol–water partition coefficient (Wildman–Crippen LogP) is 3.17. The van der Waals surface area contributed by atoms with Crippen molar-refractivity contribution in [2.45, 2.75) is 20.3 Å². The van der Waals surface area contributed by atoms with Crippen molar-refractivity contribution in [3.05, 3.63) is 17.8 Å². The summed E-state index contributed by atoms with van der Waals surface area (Å²) in [6, 6.07) is 2.14. The molecule has 1 saturated heterocycles. The molecule has 1 aliphatic rings. The molecule has 4 heteroatoms. The highest BCUT2D eigenvalue weighted by Crippen LogP contribution is 2.31. The van der Waals surface area contributed by atoms with Gasteiger partial charge in [0.15, 0.2) is 0 Å². The minimum atomic E-state index is 0.752. The van der Waals surface area contributed by atoms with Crippen molar-refractivity contribution in [2.24, 2.45) is 11.8 Å². The Morgan fingerprint density at radius 2 is 2.00 bits per heavy atom. The summed E-state index contributed by atoms with van der Waals surface area (Å²) in [7, 11) is 0. The standard InChI is InChI=1S/C13H17N3S/c1-9-5-10(2)7-16(6-9)12-11-3-4-17-13(11)15-8-14-12/h3-4,8-10H,5-7H2,1-2H3/t9-,10+. The molecule has 1 fully saturated rings. The van der Waals surface area contributed by atoms with Gasteiger partial charge in [-0.05, 0) is 29.7 Å². The van der Waals surface area contributed by atoms with E-state index in [4.69, 9.17) is 0 Å². The lowest BCUT2D eigenvalue weighted by molar-refractivity contribution is 0.356. The molecule has 3 rings (SSSR count). The Bertz CT molecular complexity index is 512. The van der Waals surface area contributed by atoms with Crippen molar-refractivity contribution >= 4 is 27.4 Å². The Labute approximate surface area is 106 Å². The minimum absolute atomic E-state index is 0.752. The van der Waals surface area contributed by atoms with Crippen molar-refractivity contribution in [3.63, 3.8) is 0 Å². The third-order valence-electron chi connectivity index (χ3n) is 3.41. The van der Waals surface area contributed by atoms with Crippen molar-refractivity contribution in [2.75, 3.05) is 18.0 Å². The van der Waals surface area contributed by atoms with Gasteiger partial charge in [-0.3, -0.25) is 0 Å². The Morgan fingerprint density at radius 1 is 1.24 bits per heavy atom. The molecule has 0 radical (unpaired) electrons. The molecule has 2 aromatic heterocycles. The lowest BCUT2D eigenvalue weighted by atomic mass is 9.92. The number of hydrogen-bond donors (Lipinski definition) is 0. The molecular weight excluding hydrogens is 230 g/mol. The summed E-state index contributed by atoms with van der Waals surface area (Å²) in [5.74, 6) is 2.62. The fourth-order valence-electron chi connectivity index (χ4n) is 2.86. The second kappa shape index (κ2) is 4.26. The molecule has 3 heterocycles. The largest absolute Gasteiger partial charge is 0.355 e. The molecule has 0 aliphatic carbocycles. The van der Waals surface area contributed by atoms with E-state index >= 15 is 0 Å². The highest BCUT2D eigenvalue weighted by atomic mass is 32.1. The zero-order valence-corrected chi connectivity index (χ0v) is 11.1. The summed E-state index contributed by atoms with van der Waals surface area (Å²) >= 11 is 1.69. The second-order valence-corrected chi connectivity index (χ2v) is 6.08. The highest BCUT2D eigenvalue weighted by Gasteiger charge is 2.24. The summed E-state index contributed by atoms with van der Waals surface area (Å²) < 4.78 is 0. The molecule has 0 aromatic carbocycles. The van der Waals surface area contributed by atoms with Crippen LogP contribution in [-0.4, -0.2) is 23.1 Å². The van der Waals surface area contributed by atoms with Gasteiger partial charge in [0.1, 0.15) is 17.0 Å². The van der Waals surface area contributed by atoms with E-state index in [0.29, 0.717) is 0 Å². The van der Waals surface area contributed by atoms with Gasteiger partial charge >= 0.3 is 0 Å². The van der Waals surface area contributed by atoms with Crippen molar-refractivity contribution in [3.8, 4) is 0 Å². The van der Waals surface area contributed by atoms with Crippen molar-refractivity contribution < 1.29 is 0 Å². The van der Waals surface area contributed by atoms with E-state index in [1.54, 1.807) is 17.7 Å². The van der Waals surface area contributed by atoms with Crippen LogP contribution in [0.5, 0.6) is 0 Å². The van der Waals surface area contributed by atoms with E-state index < -0.39 is 0 Å². The Hall–Kier alpha value is -1.16. The third-order valence-corrected chi connectivity index (χ3v) is 4.23. The maximum atomic E-state index is 4.49. The van der Waals surface area contributed by atoms with Gasteiger partial charge in [-0.25, -0.2) is 9.97 Å². The molecule has 90 valence electrons. The smallest absolute Gasteiger partial charge is 0.140 e. The summed E-state index contributed by atoms with van der Waals surface area (Å²) in [4.78, 5) is 12.3. The normalized spacial score (nSPS) is 25.4. The van der Waals surface area contributed by atoms with Crippen molar-refractivity contribution in [1.29, 1.82) is 0 Å². The zero-order valence-electron chi connectivity index (χ0n) is 10.3. The molecule has 1 aliphatic heterocycles. The number of piperidine rings is 1. The molecule has 2 atom stereocenters. The van der Waals surface area contributed by atoms with Crippen LogP contribution in [0.25, 0.3) is 10.2 Å². The van der Waals surface area contributed by atoms with Gasteiger partial charge in [0.05, 0.1) is 5.39 Å². The first-order valence-corrected chi connectivity index (χ1v) is 7.05. The molecule has 0 unspecified atom stereocenters. The van der Waals surface area contributed by atoms with Crippen LogP contribution in [0.4, 0.5) is 5.82 Å². The lowest BCUT2D eigenvalue weighted by Crippen LogP contribution is -2.39. The SMILES string of the molecule is C[C@@H]1C[C@H](C)CN(c2ncnc3sccc23)C1. The average Bonchev–Trinajstić information content (AvgIpc) is 2.75. The number of aromatic nitrogens is 2. The summed E-state index contributed by atoms with van der Waals surface area (Å²) in [5, 5.41) is 3.30. The highest BCUT2D eigenvalue weighted by molar-refractivity contribution is 7.16. The molecule has 0 spiro atoms. The van der Waals surface area contributed by atoms with Crippen LogP contribution in [0.2, 0.25) is 0 Å². The minimum Gasteiger partial charge on any atom is -0.355 e. The molecule has 0 N–H and O–H groups in total. The van der Waals surface area contributed by atoms with Gasteiger partial charge in [-0.2, -0.15) is 0 Å². The molecular formula is C13H17N3S. The fourth-order valence-corrected chi connectivity index (χ4v) is 3.59. The zero-order chi connectivity index (χ0) is 11.8. The van der Waals surface area contributed by atoms with Crippen molar-refractivity contribution in [1.82, 2.24) is 9.97 Å². The average molecular weight is 247 g/mol. The molecule has 0 saturated carbocycles. The van der Waals surface area contributed by atoms with E-state index in [0.717, 1.165) is 35.6 Å². The van der Waals surface area contributed by atoms with Gasteiger partial charge in [0.2, 0.25) is 0 Å².